The molecule has 0 spiro atoms. The second kappa shape index (κ2) is 8.47. The van der Waals surface area contributed by atoms with Crippen LogP contribution in [0.15, 0.2) is 42.6 Å². The van der Waals surface area contributed by atoms with Gasteiger partial charge in [0.1, 0.15) is 17.5 Å². The molecule has 3 heterocycles. The summed E-state index contributed by atoms with van der Waals surface area (Å²) in [5, 5.41) is 8.42. The molecule has 1 aliphatic heterocycles. The molecule has 9 heteroatoms. The predicted octanol–water partition coefficient (Wildman–Crippen LogP) is 3.09. The minimum atomic E-state index is -0.747. The summed E-state index contributed by atoms with van der Waals surface area (Å²) in [5.74, 6) is -1.52. The molecule has 3 aromatic rings. The van der Waals surface area contributed by atoms with Crippen molar-refractivity contribution in [3.8, 4) is 11.3 Å². The number of benzene rings is 1. The molecule has 1 aliphatic rings. The molecule has 1 aromatic carbocycles. The number of likely N-dealkylation sites (N-methyl/N-ethyl adjacent to an activating group) is 1. The largest absolute Gasteiger partial charge is 0.356 e. The van der Waals surface area contributed by atoms with Crippen molar-refractivity contribution in [3.63, 3.8) is 0 Å². The van der Waals surface area contributed by atoms with Gasteiger partial charge in [0.25, 0.3) is 5.91 Å². The summed E-state index contributed by atoms with van der Waals surface area (Å²) in [7, 11) is 0. The van der Waals surface area contributed by atoms with Gasteiger partial charge in [-0.15, -0.1) is 0 Å². The number of nitrogens with zero attached hydrogens (tertiary/aromatic N) is 2. The summed E-state index contributed by atoms with van der Waals surface area (Å²) in [6.07, 6.45) is 1.75. The van der Waals surface area contributed by atoms with E-state index in [-0.39, 0.29) is 36.0 Å². The highest BCUT2D eigenvalue weighted by molar-refractivity contribution is 6.04. The van der Waals surface area contributed by atoms with E-state index in [1.807, 2.05) is 6.92 Å². The molecule has 2 aromatic heterocycles. The minimum absolute atomic E-state index is 0.0706. The Morgan fingerprint density at radius 1 is 1.16 bits per heavy atom. The Bertz CT molecular complexity index is 1150. The zero-order chi connectivity index (χ0) is 22.0. The number of anilines is 2. The molecule has 0 saturated carbocycles. The molecule has 3 N–H and O–H groups in total. The average molecular weight is 423 g/mol. The van der Waals surface area contributed by atoms with Gasteiger partial charge in [0.05, 0.1) is 41.2 Å². The number of carbonyl (C=O) groups is 2. The first-order valence-corrected chi connectivity index (χ1v) is 9.71. The van der Waals surface area contributed by atoms with Gasteiger partial charge in [-0.3, -0.25) is 9.59 Å². The molecule has 0 saturated heterocycles. The second-order valence-corrected chi connectivity index (χ2v) is 6.96. The number of fused-ring (bicyclic) bond motifs is 1. The lowest BCUT2D eigenvalue weighted by Crippen LogP contribution is -2.24. The van der Waals surface area contributed by atoms with E-state index in [0.717, 1.165) is 17.7 Å². The van der Waals surface area contributed by atoms with Crippen LogP contribution in [0.1, 0.15) is 28.5 Å². The summed E-state index contributed by atoms with van der Waals surface area (Å²) >= 11 is 0. The van der Waals surface area contributed by atoms with E-state index in [2.05, 4.69) is 25.9 Å². The fraction of sp³-hybridized carbons (Fsp3) is 0.182. The second-order valence-electron chi connectivity index (χ2n) is 6.96. The van der Waals surface area contributed by atoms with Crippen LogP contribution in [-0.4, -0.2) is 28.3 Å². The Labute approximate surface area is 176 Å². The lowest BCUT2D eigenvalue weighted by molar-refractivity contribution is -0.120. The Morgan fingerprint density at radius 2 is 1.94 bits per heavy atom. The van der Waals surface area contributed by atoms with Crippen LogP contribution in [0.5, 0.6) is 0 Å². The van der Waals surface area contributed by atoms with Gasteiger partial charge in [-0.25, -0.2) is 18.7 Å². The number of rotatable bonds is 6. The Hall–Kier alpha value is -3.88. The first-order chi connectivity index (χ1) is 15.0. The monoisotopic (exact) mass is 423 g/mol. The van der Waals surface area contributed by atoms with E-state index in [9.17, 15) is 18.4 Å². The quantitative estimate of drug-likeness (QED) is 0.566. The van der Waals surface area contributed by atoms with Gasteiger partial charge in [0.15, 0.2) is 0 Å². The SMILES string of the molecule is CCNC(=O)Cc1ccc(Nc2cc(-c3c(F)cccc3F)nc3c2C(=O)NC3)nc1. The maximum atomic E-state index is 14.3. The zero-order valence-corrected chi connectivity index (χ0v) is 16.6. The number of hydrogen-bond acceptors (Lipinski definition) is 5. The Balaban J connectivity index is 1.67. The first-order valence-electron chi connectivity index (χ1n) is 9.71. The van der Waals surface area contributed by atoms with Crippen LogP contribution in [0.2, 0.25) is 0 Å². The van der Waals surface area contributed by atoms with Crippen LogP contribution >= 0.6 is 0 Å². The molecule has 0 unspecified atom stereocenters. The van der Waals surface area contributed by atoms with E-state index in [0.29, 0.717) is 29.3 Å². The Kier molecular flexibility index (Phi) is 5.57. The summed E-state index contributed by atoms with van der Waals surface area (Å²) in [5.41, 5.74) is 1.55. The third-order valence-corrected chi connectivity index (χ3v) is 4.78. The minimum Gasteiger partial charge on any atom is -0.356 e. The van der Waals surface area contributed by atoms with E-state index in [1.54, 1.807) is 18.3 Å². The number of carbonyl (C=O) groups excluding carboxylic acids is 2. The summed E-state index contributed by atoms with van der Waals surface area (Å²) in [4.78, 5) is 32.6. The topological polar surface area (TPSA) is 96.0 Å². The highest BCUT2D eigenvalue weighted by atomic mass is 19.1. The lowest BCUT2D eigenvalue weighted by Gasteiger charge is -2.13. The van der Waals surface area contributed by atoms with E-state index in [4.69, 9.17) is 0 Å². The average Bonchev–Trinajstić information content (AvgIpc) is 3.11. The molecule has 31 heavy (non-hydrogen) atoms. The van der Waals surface area contributed by atoms with Gasteiger partial charge in [-0.2, -0.15) is 0 Å². The predicted molar refractivity (Wildman–Crippen MR) is 111 cm³/mol. The van der Waals surface area contributed by atoms with Crippen molar-refractivity contribution in [1.29, 1.82) is 0 Å². The van der Waals surface area contributed by atoms with Crippen LogP contribution < -0.4 is 16.0 Å². The molecule has 0 bridgehead atoms. The number of hydrogen-bond donors (Lipinski definition) is 3. The van der Waals surface area contributed by atoms with Gasteiger partial charge < -0.3 is 16.0 Å². The van der Waals surface area contributed by atoms with Crippen LogP contribution in [-0.2, 0) is 17.8 Å². The zero-order valence-electron chi connectivity index (χ0n) is 16.6. The van der Waals surface area contributed by atoms with Gasteiger partial charge >= 0.3 is 0 Å². The molecule has 158 valence electrons. The van der Waals surface area contributed by atoms with Crippen molar-refractivity contribution in [2.24, 2.45) is 0 Å². The standard InChI is InChI=1S/C22H19F2N5O2/c1-2-25-19(30)8-12-6-7-18(26-10-12)29-16-9-15(20-13(23)4-3-5-14(20)24)28-17-11-27-22(31)21(16)17/h3-7,9-10H,2,8,11H2,1H3,(H,25,30)(H,27,31)(H,26,28,29). The molecular weight excluding hydrogens is 404 g/mol. The van der Waals surface area contributed by atoms with Crippen molar-refractivity contribution < 1.29 is 18.4 Å². The van der Waals surface area contributed by atoms with Crippen molar-refractivity contribution in [2.45, 2.75) is 19.9 Å². The van der Waals surface area contributed by atoms with E-state index in [1.165, 1.54) is 12.1 Å². The fourth-order valence-electron chi connectivity index (χ4n) is 3.39. The lowest BCUT2D eigenvalue weighted by atomic mass is 10.1. The third kappa shape index (κ3) is 4.20. The van der Waals surface area contributed by atoms with Gasteiger partial charge in [0.2, 0.25) is 5.91 Å². The first kappa shape index (κ1) is 20.4. The molecule has 0 aliphatic carbocycles. The molecule has 7 nitrogen and oxygen atoms in total. The summed E-state index contributed by atoms with van der Waals surface area (Å²) in [6.45, 7) is 2.55. The van der Waals surface area contributed by atoms with Crippen molar-refractivity contribution in [2.75, 3.05) is 11.9 Å². The van der Waals surface area contributed by atoms with E-state index >= 15 is 0 Å². The van der Waals surface area contributed by atoms with Crippen molar-refractivity contribution >= 4 is 23.3 Å². The summed E-state index contributed by atoms with van der Waals surface area (Å²) < 4.78 is 28.6. The van der Waals surface area contributed by atoms with E-state index < -0.39 is 11.6 Å². The van der Waals surface area contributed by atoms with Crippen LogP contribution in [0.3, 0.4) is 0 Å². The maximum Gasteiger partial charge on any atom is 0.255 e. The fourth-order valence-corrected chi connectivity index (χ4v) is 3.39. The van der Waals surface area contributed by atoms with Gasteiger partial charge in [-0.1, -0.05) is 12.1 Å². The highest BCUT2D eigenvalue weighted by Crippen LogP contribution is 2.32. The number of halogens is 2. The van der Waals surface area contributed by atoms with Gasteiger partial charge in [0, 0.05) is 12.7 Å². The molecule has 0 radical (unpaired) electrons. The molecule has 4 rings (SSSR count). The van der Waals surface area contributed by atoms with Crippen LogP contribution in [0.4, 0.5) is 20.3 Å². The van der Waals surface area contributed by atoms with Crippen molar-refractivity contribution in [1.82, 2.24) is 20.6 Å². The maximum absolute atomic E-state index is 14.3. The smallest absolute Gasteiger partial charge is 0.255 e. The number of amides is 2. The number of nitrogens with one attached hydrogen (secondary N) is 3. The van der Waals surface area contributed by atoms with Gasteiger partial charge in [-0.05, 0) is 36.8 Å². The number of aromatic nitrogens is 2. The molecule has 2 amide bonds. The van der Waals surface area contributed by atoms with Crippen LogP contribution in [0, 0.1) is 11.6 Å². The van der Waals surface area contributed by atoms with Crippen molar-refractivity contribution in [3.05, 3.63) is 71.1 Å². The molecular formula is C22H19F2N5O2. The highest BCUT2D eigenvalue weighted by Gasteiger charge is 2.27. The summed E-state index contributed by atoms with van der Waals surface area (Å²) in [6, 6.07) is 8.41. The van der Waals surface area contributed by atoms with Crippen LogP contribution in [0.25, 0.3) is 11.3 Å². The Morgan fingerprint density at radius 3 is 2.61 bits per heavy atom. The third-order valence-electron chi connectivity index (χ3n) is 4.78. The molecule has 0 atom stereocenters. The molecule has 0 fully saturated rings. The number of pyridine rings is 2. The normalized spacial score (nSPS) is 12.3.